The summed E-state index contributed by atoms with van der Waals surface area (Å²) in [6.07, 6.45) is 2.10. The van der Waals surface area contributed by atoms with Crippen LogP contribution in [0, 0.1) is 0 Å². The summed E-state index contributed by atoms with van der Waals surface area (Å²) in [5.41, 5.74) is 2.33. The van der Waals surface area contributed by atoms with Crippen molar-refractivity contribution in [2.45, 2.75) is 18.6 Å². The predicted octanol–water partition coefficient (Wildman–Crippen LogP) is -5.24. The van der Waals surface area contributed by atoms with Crippen molar-refractivity contribution in [3.8, 4) is 5.88 Å². The average molecular weight is 418 g/mol. The third-order valence-electron chi connectivity index (χ3n) is 2.16. The van der Waals surface area contributed by atoms with Crippen LogP contribution in [0.3, 0.4) is 0 Å². The van der Waals surface area contributed by atoms with E-state index in [1.807, 2.05) is 0 Å². The Kier molecular flexibility index (Phi) is 5.32. The van der Waals surface area contributed by atoms with Crippen LogP contribution in [0.2, 0.25) is 0 Å². The lowest BCUT2D eigenvalue weighted by molar-refractivity contribution is -1.91. The number of halogens is 1. The zero-order chi connectivity index (χ0) is 15.6. The third-order valence-corrected chi connectivity index (χ3v) is 4.41. The molecule has 1 aromatic heterocycles. The van der Waals surface area contributed by atoms with Crippen LogP contribution in [-0.2, 0) is 10.1 Å². The monoisotopic (exact) mass is 418 g/mol. The van der Waals surface area contributed by atoms with Gasteiger partial charge in [-0.2, -0.15) is 13.4 Å². The highest BCUT2D eigenvalue weighted by molar-refractivity contribution is 7.86. The fourth-order valence-electron chi connectivity index (χ4n) is 1.49. The van der Waals surface area contributed by atoms with Gasteiger partial charge in [-0.3, -0.25) is 9.12 Å². The topological polar surface area (TPSA) is 151 Å². The van der Waals surface area contributed by atoms with Crippen molar-refractivity contribution in [3.63, 3.8) is 0 Å². The first-order chi connectivity index (χ1) is 9.08. The van der Waals surface area contributed by atoms with Gasteiger partial charge in [-0.25, -0.2) is 10.3 Å². The molecule has 0 spiro atoms. The Morgan fingerprint density at radius 2 is 2.25 bits per heavy atom. The molecule has 1 atom stereocenters. The molecule has 0 fully saturated rings. The van der Waals surface area contributed by atoms with E-state index in [1.165, 1.54) is 6.92 Å². The molecule has 0 bridgehead atoms. The molecule has 1 aromatic rings. The van der Waals surface area contributed by atoms with Crippen LogP contribution in [0.4, 0.5) is 0 Å². The van der Waals surface area contributed by atoms with E-state index >= 15 is 0 Å². The quantitative estimate of drug-likeness (QED) is 0.274. The molecular formula is C9H11IN2O7S. The maximum Gasteiger partial charge on any atom is 0.442 e. The van der Waals surface area contributed by atoms with Gasteiger partial charge in [0.1, 0.15) is 11.1 Å². The van der Waals surface area contributed by atoms with Gasteiger partial charge in [0.25, 0.3) is 10.1 Å². The van der Waals surface area contributed by atoms with Crippen LogP contribution in [0.1, 0.15) is 24.4 Å². The lowest BCUT2D eigenvalue weighted by Gasteiger charge is -2.10. The fourth-order valence-corrected chi connectivity index (χ4v) is 3.11. The van der Waals surface area contributed by atoms with Crippen molar-refractivity contribution in [3.05, 3.63) is 24.3 Å². The largest absolute Gasteiger partial charge is 0.442 e. The van der Waals surface area contributed by atoms with Crippen molar-refractivity contribution in [1.82, 2.24) is 9.55 Å². The molecule has 1 N–H and O–H groups in total. The molecule has 9 nitrogen and oxygen atoms in total. The van der Waals surface area contributed by atoms with Gasteiger partial charge in [-0.05, 0) is 6.42 Å². The molecule has 1 rings (SSSR count). The second kappa shape index (κ2) is 6.22. The minimum Gasteiger partial charge on any atom is -0.298 e. The minimum atomic E-state index is -6.02. The minimum absolute atomic E-state index is 0.0294. The lowest BCUT2D eigenvalue weighted by atomic mass is 10.3. The van der Waals surface area contributed by atoms with E-state index in [0.717, 1.165) is 17.0 Å². The number of hydrogen-bond acceptors (Lipinski definition) is 7. The summed E-state index contributed by atoms with van der Waals surface area (Å²) >= 11 is -6.02. The van der Waals surface area contributed by atoms with E-state index in [-0.39, 0.29) is 12.2 Å². The Morgan fingerprint density at radius 3 is 2.65 bits per heavy atom. The summed E-state index contributed by atoms with van der Waals surface area (Å²) < 4.78 is 68.5. The van der Waals surface area contributed by atoms with E-state index in [4.69, 9.17) is 4.55 Å². The van der Waals surface area contributed by atoms with Crippen LogP contribution in [0.25, 0.3) is 6.20 Å². The Bertz CT molecular complexity index is 627. The molecule has 20 heavy (non-hydrogen) atoms. The van der Waals surface area contributed by atoms with E-state index < -0.39 is 41.3 Å². The SMILES string of the molecule is C=C=Cn1cc(O[I+3]([O-])([O-])[O-])nc1C(CC)S(=O)(=O)O. The van der Waals surface area contributed by atoms with Crippen LogP contribution in [0.15, 0.2) is 18.5 Å². The van der Waals surface area contributed by atoms with E-state index in [1.54, 1.807) is 0 Å². The first-order valence-corrected chi connectivity index (χ1v) is 10.1. The number of aromatic nitrogens is 2. The van der Waals surface area contributed by atoms with Crippen molar-refractivity contribution < 1.29 is 46.4 Å². The normalized spacial score (nSPS) is 13.7. The van der Waals surface area contributed by atoms with Gasteiger partial charge >= 0.3 is 26.0 Å². The summed E-state index contributed by atoms with van der Waals surface area (Å²) in [4.78, 5) is 3.60. The molecular weight excluding hydrogens is 407 g/mol. The standard InChI is InChI=1S/C9H11IN2O7S/c1-3-5-12-6-8(19-10(13,14)15)11-9(12)7(4-2)20(16,17)18/h5-7H,1,4H2,2H3,(H,16,17,18). The van der Waals surface area contributed by atoms with Crippen molar-refractivity contribution in [2.75, 3.05) is 0 Å². The van der Waals surface area contributed by atoms with Gasteiger partial charge in [0, 0.05) is 0 Å². The van der Waals surface area contributed by atoms with Gasteiger partial charge in [0.15, 0.2) is 0 Å². The van der Waals surface area contributed by atoms with E-state index in [9.17, 15) is 18.7 Å². The molecule has 0 saturated heterocycles. The zero-order valence-electron chi connectivity index (χ0n) is 10.2. The summed E-state index contributed by atoms with van der Waals surface area (Å²) in [5.74, 6) is -0.795. The molecule has 1 heterocycles. The first kappa shape index (κ1) is 17.1. The van der Waals surface area contributed by atoms with Crippen molar-refractivity contribution in [1.29, 1.82) is 0 Å². The highest BCUT2D eigenvalue weighted by Crippen LogP contribution is 2.26. The molecule has 1 unspecified atom stereocenters. The average Bonchev–Trinajstić information content (AvgIpc) is 2.57. The van der Waals surface area contributed by atoms with Gasteiger partial charge in [0.05, 0.1) is 12.4 Å². The maximum absolute atomic E-state index is 11.3. The second-order valence-corrected chi connectivity index (χ2v) is 7.74. The summed E-state index contributed by atoms with van der Waals surface area (Å²) in [5, 5.41) is -1.41. The van der Waals surface area contributed by atoms with Gasteiger partial charge < -0.3 is 0 Å². The van der Waals surface area contributed by atoms with Crippen LogP contribution >= 0.6 is 0 Å². The highest BCUT2D eigenvalue weighted by Gasteiger charge is 2.34. The number of hydrogen-bond donors (Lipinski definition) is 1. The number of nitrogens with zero attached hydrogens (tertiary/aromatic N) is 2. The van der Waals surface area contributed by atoms with Gasteiger partial charge in [-0.1, -0.05) is 16.6 Å². The Hall–Kier alpha value is -0.950. The van der Waals surface area contributed by atoms with Crippen molar-refractivity contribution in [2.24, 2.45) is 0 Å². The van der Waals surface area contributed by atoms with Crippen molar-refractivity contribution >= 4 is 16.3 Å². The van der Waals surface area contributed by atoms with Crippen LogP contribution in [-0.4, -0.2) is 22.5 Å². The first-order valence-electron chi connectivity index (χ1n) is 5.10. The molecule has 0 radical (unpaired) electrons. The Labute approximate surface area is 121 Å². The molecule has 0 aromatic carbocycles. The molecule has 0 aliphatic heterocycles. The van der Waals surface area contributed by atoms with Gasteiger partial charge in [-0.15, -0.1) is 5.73 Å². The molecule has 112 valence electrons. The van der Waals surface area contributed by atoms with Crippen LogP contribution < -0.4 is 33.5 Å². The smallest absolute Gasteiger partial charge is 0.298 e. The highest BCUT2D eigenvalue weighted by atomic mass is 127. The maximum atomic E-state index is 11.3. The molecule has 0 saturated carbocycles. The third kappa shape index (κ3) is 4.56. The van der Waals surface area contributed by atoms with Crippen LogP contribution in [0.5, 0.6) is 5.88 Å². The summed E-state index contributed by atoms with van der Waals surface area (Å²) in [6, 6.07) is 0. The molecule has 11 heteroatoms. The Balaban J connectivity index is 3.33. The second-order valence-electron chi connectivity index (χ2n) is 3.54. The van der Waals surface area contributed by atoms with E-state index in [0.29, 0.717) is 0 Å². The number of rotatable bonds is 6. The number of imidazole rings is 1. The molecule has 0 amide bonds. The molecule has 0 aliphatic rings. The summed E-state index contributed by atoms with van der Waals surface area (Å²) in [6.45, 7) is 4.75. The summed E-state index contributed by atoms with van der Waals surface area (Å²) in [7, 11) is -4.47. The Morgan fingerprint density at radius 1 is 1.65 bits per heavy atom. The molecule has 0 aliphatic carbocycles. The zero-order valence-corrected chi connectivity index (χ0v) is 13.2. The van der Waals surface area contributed by atoms with Gasteiger partial charge in [0.2, 0.25) is 0 Å². The van der Waals surface area contributed by atoms with E-state index in [2.05, 4.69) is 20.4 Å². The predicted molar refractivity (Wildman–Crippen MR) is 57.3 cm³/mol. The lowest BCUT2D eigenvalue weighted by Crippen LogP contribution is -4.25. The fraction of sp³-hybridized carbons (Fsp3) is 0.333.